The van der Waals surface area contributed by atoms with Gasteiger partial charge in [-0.15, -0.1) is 0 Å². The van der Waals surface area contributed by atoms with E-state index in [0.29, 0.717) is 0 Å². The summed E-state index contributed by atoms with van der Waals surface area (Å²) in [4.78, 5) is 4.28. The van der Waals surface area contributed by atoms with Crippen LogP contribution in [0.4, 0.5) is 0 Å². The highest BCUT2D eigenvalue weighted by atomic mass is 16.5. The highest BCUT2D eigenvalue weighted by molar-refractivity contribution is 4.87. The highest BCUT2D eigenvalue weighted by Crippen LogP contribution is 2.25. The van der Waals surface area contributed by atoms with Crippen LogP contribution in [-0.4, -0.2) is 16.7 Å². The molecule has 0 radical (unpaired) electrons. The van der Waals surface area contributed by atoms with Crippen molar-refractivity contribution in [2.45, 2.75) is 46.5 Å². The molecule has 0 atom stereocenters. The maximum Gasteiger partial charge on any atom is 0.226 e. The minimum absolute atomic E-state index is 0.260. The van der Waals surface area contributed by atoms with E-state index < -0.39 is 0 Å². The second-order valence-corrected chi connectivity index (χ2v) is 4.66. The number of aryl methyl sites for hydroxylation is 2. The summed E-state index contributed by atoms with van der Waals surface area (Å²) in [5.74, 6) is 1.54. The lowest BCUT2D eigenvalue weighted by Crippen LogP contribution is -2.17. The monoisotopic (exact) mass is 211 g/mol. The fourth-order valence-electron chi connectivity index (χ4n) is 1.50. The van der Waals surface area contributed by atoms with Crippen LogP contribution in [0.15, 0.2) is 4.52 Å². The number of hydrogen-bond acceptors (Lipinski definition) is 4. The average Bonchev–Trinajstić information content (AvgIpc) is 2.62. The first-order valence-corrected chi connectivity index (χ1v) is 5.59. The first kappa shape index (κ1) is 12.2. The predicted octanol–water partition coefficient (Wildman–Crippen LogP) is 1.94. The highest BCUT2D eigenvalue weighted by Gasteiger charge is 2.18. The van der Waals surface area contributed by atoms with Gasteiger partial charge >= 0.3 is 0 Å². The quantitative estimate of drug-likeness (QED) is 0.781. The van der Waals surface area contributed by atoms with Crippen molar-refractivity contribution in [3.8, 4) is 0 Å². The molecule has 1 aromatic rings. The van der Waals surface area contributed by atoms with Gasteiger partial charge < -0.3 is 10.3 Å². The summed E-state index contributed by atoms with van der Waals surface area (Å²) in [6, 6.07) is 0. The molecule has 0 unspecified atom stereocenters. The molecule has 0 spiro atoms. The van der Waals surface area contributed by atoms with Gasteiger partial charge in [-0.1, -0.05) is 25.9 Å². The van der Waals surface area contributed by atoms with E-state index in [4.69, 9.17) is 10.3 Å². The van der Waals surface area contributed by atoms with Gasteiger partial charge in [-0.2, -0.15) is 4.98 Å². The lowest BCUT2D eigenvalue weighted by molar-refractivity contribution is 0.289. The summed E-state index contributed by atoms with van der Waals surface area (Å²) < 4.78 is 5.14. The third kappa shape index (κ3) is 4.00. The van der Waals surface area contributed by atoms with Crippen LogP contribution in [0, 0.1) is 5.41 Å². The van der Waals surface area contributed by atoms with E-state index >= 15 is 0 Å². The van der Waals surface area contributed by atoms with Crippen LogP contribution in [0.1, 0.15) is 45.3 Å². The molecular weight excluding hydrogens is 190 g/mol. The molecule has 1 aromatic heterocycles. The van der Waals surface area contributed by atoms with Crippen LogP contribution in [0.3, 0.4) is 0 Å². The molecule has 15 heavy (non-hydrogen) atoms. The maximum absolute atomic E-state index is 5.56. The van der Waals surface area contributed by atoms with Crippen molar-refractivity contribution in [1.29, 1.82) is 0 Å². The molecule has 2 N–H and O–H groups in total. The lowest BCUT2D eigenvalue weighted by atomic mass is 9.84. The molecule has 0 aliphatic heterocycles. The zero-order chi connectivity index (χ0) is 11.3. The fourth-order valence-corrected chi connectivity index (χ4v) is 1.50. The van der Waals surface area contributed by atoms with Gasteiger partial charge in [-0.05, 0) is 24.8 Å². The van der Waals surface area contributed by atoms with Crippen molar-refractivity contribution in [2.24, 2.45) is 11.1 Å². The SMILES string of the molecule is CCc1noc(CCC(C)(C)CCN)n1. The van der Waals surface area contributed by atoms with Crippen molar-refractivity contribution in [2.75, 3.05) is 6.54 Å². The van der Waals surface area contributed by atoms with Gasteiger partial charge in [0.2, 0.25) is 5.89 Å². The number of nitrogens with zero attached hydrogens (tertiary/aromatic N) is 2. The summed E-state index contributed by atoms with van der Waals surface area (Å²) in [5, 5.41) is 3.87. The Balaban J connectivity index is 2.42. The topological polar surface area (TPSA) is 64.9 Å². The second-order valence-electron chi connectivity index (χ2n) is 4.66. The largest absolute Gasteiger partial charge is 0.339 e. The Morgan fingerprint density at radius 3 is 2.60 bits per heavy atom. The Bertz CT molecular complexity index is 294. The smallest absolute Gasteiger partial charge is 0.226 e. The first-order valence-electron chi connectivity index (χ1n) is 5.59. The van der Waals surface area contributed by atoms with E-state index in [2.05, 4.69) is 24.0 Å². The Hall–Kier alpha value is -0.900. The minimum atomic E-state index is 0.260. The summed E-state index contributed by atoms with van der Waals surface area (Å²) in [7, 11) is 0. The Morgan fingerprint density at radius 2 is 2.07 bits per heavy atom. The number of hydrogen-bond donors (Lipinski definition) is 1. The van der Waals surface area contributed by atoms with E-state index in [9.17, 15) is 0 Å². The van der Waals surface area contributed by atoms with Gasteiger partial charge in [0.25, 0.3) is 0 Å². The molecule has 0 bridgehead atoms. The Morgan fingerprint density at radius 1 is 1.33 bits per heavy atom. The molecule has 0 saturated heterocycles. The molecule has 4 heteroatoms. The van der Waals surface area contributed by atoms with Crippen LogP contribution < -0.4 is 5.73 Å². The van der Waals surface area contributed by atoms with E-state index in [1.165, 1.54) is 0 Å². The maximum atomic E-state index is 5.56. The third-order valence-corrected chi connectivity index (χ3v) is 2.66. The van der Waals surface area contributed by atoms with Crippen LogP contribution in [0.5, 0.6) is 0 Å². The van der Waals surface area contributed by atoms with Crippen molar-refractivity contribution in [3.05, 3.63) is 11.7 Å². The van der Waals surface area contributed by atoms with Crippen molar-refractivity contribution in [3.63, 3.8) is 0 Å². The Kier molecular flexibility index (Phi) is 4.27. The molecule has 4 nitrogen and oxygen atoms in total. The summed E-state index contributed by atoms with van der Waals surface area (Å²) in [5.41, 5.74) is 5.82. The van der Waals surface area contributed by atoms with Gasteiger partial charge in [0.1, 0.15) is 0 Å². The average molecular weight is 211 g/mol. The van der Waals surface area contributed by atoms with Crippen LogP contribution in [0.2, 0.25) is 0 Å². The molecule has 0 saturated carbocycles. The second kappa shape index (κ2) is 5.26. The van der Waals surface area contributed by atoms with Gasteiger partial charge in [0.05, 0.1) is 0 Å². The van der Waals surface area contributed by atoms with E-state index in [1.54, 1.807) is 0 Å². The summed E-state index contributed by atoms with van der Waals surface area (Å²) in [6.45, 7) is 7.19. The first-order chi connectivity index (χ1) is 7.07. The Labute approximate surface area is 91.2 Å². The standard InChI is InChI=1S/C11H21N3O/c1-4-9-13-10(15-14-9)5-6-11(2,3)7-8-12/h4-8,12H2,1-3H3. The lowest BCUT2D eigenvalue weighted by Gasteiger charge is -2.22. The van der Waals surface area contributed by atoms with Gasteiger partial charge in [-0.3, -0.25) is 0 Å². The molecule has 0 amide bonds. The normalized spacial score (nSPS) is 12.0. The van der Waals surface area contributed by atoms with Crippen molar-refractivity contribution < 1.29 is 4.52 Å². The molecule has 0 aliphatic carbocycles. The third-order valence-electron chi connectivity index (χ3n) is 2.66. The molecule has 0 fully saturated rings. The molecular formula is C11H21N3O. The zero-order valence-corrected chi connectivity index (χ0v) is 9.92. The molecule has 1 rings (SSSR count). The van der Waals surface area contributed by atoms with Crippen LogP contribution in [-0.2, 0) is 12.8 Å². The van der Waals surface area contributed by atoms with Gasteiger partial charge in [-0.25, -0.2) is 0 Å². The van der Waals surface area contributed by atoms with E-state index in [1.807, 2.05) is 6.92 Å². The van der Waals surface area contributed by atoms with Crippen molar-refractivity contribution in [1.82, 2.24) is 10.1 Å². The fraction of sp³-hybridized carbons (Fsp3) is 0.818. The number of aromatic nitrogens is 2. The van der Waals surface area contributed by atoms with Crippen molar-refractivity contribution >= 4 is 0 Å². The van der Waals surface area contributed by atoms with Crippen LogP contribution in [0.25, 0.3) is 0 Å². The van der Waals surface area contributed by atoms with E-state index in [0.717, 1.165) is 43.9 Å². The zero-order valence-electron chi connectivity index (χ0n) is 9.92. The van der Waals surface area contributed by atoms with Crippen LogP contribution >= 0.6 is 0 Å². The number of nitrogens with two attached hydrogens (primary N) is 1. The molecule has 86 valence electrons. The van der Waals surface area contributed by atoms with E-state index in [-0.39, 0.29) is 5.41 Å². The van der Waals surface area contributed by atoms with Gasteiger partial charge in [0, 0.05) is 12.8 Å². The summed E-state index contributed by atoms with van der Waals surface area (Å²) >= 11 is 0. The molecule has 0 aliphatic rings. The predicted molar refractivity (Wildman–Crippen MR) is 59.4 cm³/mol. The molecule has 1 heterocycles. The number of rotatable bonds is 6. The minimum Gasteiger partial charge on any atom is -0.339 e. The molecule has 0 aromatic carbocycles. The summed E-state index contributed by atoms with van der Waals surface area (Å²) in [6.07, 6.45) is 3.74. The van der Waals surface area contributed by atoms with Gasteiger partial charge in [0.15, 0.2) is 5.82 Å².